The third-order valence-corrected chi connectivity index (χ3v) is 3.38. The topological polar surface area (TPSA) is 54.4 Å². The summed E-state index contributed by atoms with van der Waals surface area (Å²) in [5, 5.41) is 14.1. The lowest BCUT2D eigenvalue weighted by atomic mass is 10.0. The molecule has 0 amide bonds. The Hall–Kier alpha value is -1.65. The van der Waals surface area contributed by atoms with E-state index < -0.39 is 11.7 Å². The lowest BCUT2D eigenvalue weighted by molar-refractivity contribution is -0.0253. The van der Waals surface area contributed by atoms with E-state index in [4.69, 9.17) is 4.74 Å². The van der Waals surface area contributed by atoms with E-state index in [-0.39, 0.29) is 0 Å². The first-order valence-electron chi connectivity index (χ1n) is 6.82. The maximum atomic E-state index is 10.2. The second kappa shape index (κ2) is 5.77. The number of rotatable bonds is 5. The summed E-state index contributed by atoms with van der Waals surface area (Å²) in [5.41, 5.74) is 1.12. The van der Waals surface area contributed by atoms with Gasteiger partial charge in [0.15, 0.2) is 0 Å². The summed E-state index contributed by atoms with van der Waals surface area (Å²) in [6, 6.07) is 9.78. The Morgan fingerprint density at radius 2 is 2.05 bits per heavy atom. The zero-order valence-corrected chi connectivity index (χ0v) is 12.5. The summed E-state index contributed by atoms with van der Waals surface area (Å²) in [6.45, 7) is 6.20. The minimum Gasteiger partial charge on any atom is -0.484 e. The number of nitrogens with zero attached hydrogens (tertiary/aromatic N) is 1. The normalized spacial score (nSPS) is 13.4. The lowest BCUT2D eigenvalue weighted by Gasteiger charge is -2.32. The monoisotopic (exact) mass is 274 g/mol. The van der Waals surface area contributed by atoms with Crippen LogP contribution in [0.1, 0.15) is 19.5 Å². The number of hydrogen-bond acceptors (Lipinski definition) is 4. The summed E-state index contributed by atoms with van der Waals surface area (Å²) in [4.78, 5) is 4.49. The van der Waals surface area contributed by atoms with E-state index in [1.807, 2.05) is 58.2 Å². The minimum absolute atomic E-state index is 0.481. The van der Waals surface area contributed by atoms with Crippen LogP contribution in [-0.4, -0.2) is 35.4 Å². The zero-order chi connectivity index (χ0) is 14.8. The van der Waals surface area contributed by atoms with Crippen molar-refractivity contribution >= 4 is 10.9 Å². The average molecular weight is 274 g/mol. The van der Waals surface area contributed by atoms with Gasteiger partial charge in [-0.2, -0.15) is 0 Å². The maximum absolute atomic E-state index is 10.2. The van der Waals surface area contributed by atoms with Gasteiger partial charge in [-0.1, -0.05) is 12.1 Å². The summed E-state index contributed by atoms with van der Waals surface area (Å²) in [7, 11) is 1.81. The first-order chi connectivity index (χ1) is 9.44. The third-order valence-electron chi connectivity index (χ3n) is 3.38. The summed E-state index contributed by atoms with van der Waals surface area (Å²) in [5.74, 6) is 0.758. The van der Waals surface area contributed by atoms with Gasteiger partial charge in [0.2, 0.25) is 0 Å². The lowest BCUT2D eigenvalue weighted by Crippen LogP contribution is -2.46. The Morgan fingerprint density at radius 1 is 1.35 bits per heavy atom. The molecule has 20 heavy (non-hydrogen) atoms. The molecule has 1 unspecified atom stereocenters. The van der Waals surface area contributed by atoms with Crippen LogP contribution >= 0.6 is 0 Å². The molecule has 0 bridgehead atoms. The van der Waals surface area contributed by atoms with E-state index in [9.17, 15) is 5.11 Å². The number of benzene rings is 1. The Morgan fingerprint density at radius 3 is 2.75 bits per heavy atom. The molecule has 0 aliphatic carbocycles. The quantitative estimate of drug-likeness (QED) is 0.878. The van der Waals surface area contributed by atoms with E-state index in [2.05, 4.69) is 10.3 Å². The van der Waals surface area contributed by atoms with Crippen molar-refractivity contribution in [2.75, 3.05) is 13.6 Å². The molecule has 0 aliphatic rings. The van der Waals surface area contributed by atoms with Gasteiger partial charge in [0.1, 0.15) is 17.5 Å². The number of pyridine rings is 1. The molecule has 1 aromatic carbocycles. The number of aliphatic hydroxyl groups excluding tert-OH is 1. The van der Waals surface area contributed by atoms with Crippen LogP contribution in [0.5, 0.6) is 5.75 Å². The number of hydrogen-bond donors (Lipinski definition) is 2. The fourth-order valence-corrected chi connectivity index (χ4v) is 2.14. The van der Waals surface area contributed by atoms with E-state index >= 15 is 0 Å². The Labute approximate surface area is 119 Å². The van der Waals surface area contributed by atoms with Crippen molar-refractivity contribution < 1.29 is 9.84 Å². The van der Waals surface area contributed by atoms with Crippen LogP contribution < -0.4 is 10.1 Å². The van der Waals surface area contributed by atoms with Crippen molar-refractivity contribution in [3.8, 4) is 5.75 Å². The number of likely N-dealkylation sites (N-methyl/N-ethyl adjacent to an activating group) is 1. The molecule has 4 heteroatoms. The number of nitrogens with one attached hydrogen (secondary N) is 1. The van der Waals surface area contributed by atoms with Gasteiger partial charge in [0.05, 0.1) is 5.52 Å². The minimum atomic E-state index is -0.681. The molecular weight excluding hydrogens is 252 g/mol. The van der Waals surface area contributed by atoms with Crippen LogP contribution in [0.2, 0.25) is 0 Å². The fraction of sp³-hybridized carbons (Fsp3) is 0.438. The van der Waals surface area contributed by atoms with E-state index in [0.29, 0.717) is 6.54 Å². The highest BCUT2D eigenvalue weighted by Gasteiger charge is 2.30. The number of aliphatic hydroxyl groups is 1. The highest BCUT2D eigenvalue weighted by atomic mass is 16.5. The number of aromatic nitrogens is 1. The molecule has 0 saturated heterocycles. The van der Waals surface area contributed by atoms with Gasteiger partial charge < -0.3 is 15.2 Å². The van der Waals surface area contributed by atoms with Crippen molar-refractivity contribution in [1.82, 2.24) is 10.3 Å². The Bertz CT molecular complexity index is 596. The van der Waals surface area contributed by atoms with Crippen molar-refractivity contribution in [2.24, 2.45) is 0 Å². The maximum Gasteiger partial charge on any atom is 0.131 e. The van der Waals surface area contributed by atoms with Crippen LogP contribution in [0.25, 0.3) is 10.9 Å². The van der Waals surface area contributed by atoms with Gasteiger partial charge in [0, 0.05) is 23.7 Å². The highest BCUT2D eigenvalue weighted by Crippen LogP contribution is 2.29. The molecule has 1 atom stereocenters. The molecule has 0 spiro atoms. The highest BCUT2D eigenvalue weighted by molar-refractivity contribution is 5.85. The standard InChI is InChI=1S/C16H22N2O2/c1-11-9-14(12-7-5-6-8-13(12)18-11)20-16(2,3)15(19)10-17-4/h5-9,15,17,19H,10H2,1-4H3. The van der Waals surface area contributed by atoms with Gasteiger partial charge in [-0.25, -0.2) is 0 Å². The van der Waals surface area contributed by atoms with Gasteiger partial charge >= 0.3 is 0 Å². The first kappa shape index (κ1) is 14.8. The van der Waals surface area contributed by atoms with Crippen molar-refractivity contribution in [3.63, 3.8) is 0 Å². The fourth-order valence-electron chi connectivity index (χ4n) is 2.14. The summed E-state index contributed by atoms with van der Waals surface area (Å²) in [6.07, 6.45) is -0.597. The van der Waals surface area contributed by atoms with E-state index in [1.54, 1.807) is 0 Å². The number of para-hydroxylation sites is 1. The third kappa shape index (κ3) is 3.08. The van der Waals surface area contributed by atoms with Gasteiger partial charge in [-0.3, -0.25) is 4.98 Å². The molecule has 1 heterocycles. The number of fused-ring (bicyclic) bond motifs is 1. The molecule has 108 valence electrons. The van der Waals surface area contributed by atoms with Gasteiger partial charge in [-0.15, -0.1) is 0 Å². The van der Waals surface area contributed by atoms with Crippen LogP contribution in [0.3, 0.4) is 0 Å². The zero-order valence-electron chi connectivity index (χ0n) is 12.5. The Balaban J connectivity index is 2.38. The summed E-state index contributed by atoms with van der Waals surface area (Å²) >= 11 is 0. The van der Waals surface area contributed by atoms with Crippen molar-refractivity contribution in [2.45, 2.75) is 32.5 Å². The van der Waals surface area contributed by atoms with E-state index in [0.717, 1.165) is 22.3 Å². The second-order valence-electron chi connectivity index (χ2n) is 5.56. The second-order valence-corrected chi connectivity index (χ2v) is 5.56. The van der Waals surface area contributed by atoms with Crippen LogP contribution in [-0.2, 0) is 0 Å². The van der Waals surface area contributed by atoms with Gasteiger partial charge in [-0.05, 0) is 40.0 Å². The van der Waals surface area contributed by atoms with Crippen LogP contribution in [0.15, 0.2) is 30.3 Å². The number of aryl methyl sites for hydroxylation is 1. The van der Waals surface area contributed by atoms with Gasteiger partial charge in [0.25, 0.3) is 0 Å². The van der Waals surface area contributed by atoms with Crippen molar-refractivity contribution in [3.05, 3.63) is 36.0 Å². The predicted molar refractivity (Wildman–Crippen MR) is 81.1 cm³/mol. The molecule has 4 nitrogen and oxygen atoms in total. The average Bonchev–Trinajstić information content (AvgIpc) is 2.38. The molecule has 2 rings (SSSR count). The molecule has 2 N–H and O–H groups in total. The number of ether oxygens (including phenoxy) is 1. The molecule has 2 aromatic rings. The molecule has 0 saturated carbocycles. The van der Waals surface area contributed by atoms with E-state index in [1.165, 1.54) is 0 Å². The molecular formula is C16H22N2O2. The summed E-state index contributed by atoms with van der Waals surface area (Å²) < 4.78 is 6.08. The molecule has 0 fully saturated rings. The SMILES string of the molecule is CNCC(O)C(C)(C)Oc1cc(C)nc2ccccc12. The predicted octanol–water partition coefficient (Wildman–Crippen LogP) is 2.28. The van der Waals surface area contributed by atoms with Crippen LogP contribution in [0.4, 0.5) is 0 Å². The van der Waals surface area contributed by atoms with Crippen LogP contribution in [0, 0.1) is 6.92 Å². The molecule has 0 aliphatic heterocycles. The first-order valence-corrected chi connectivity index (χ1v) is 6.82. The largest absolute Gasteiger partial charge is 0.484 e. The smallest absolute Gasteiger partial charge is 0.131 e. The Kier molecular flexibility index (Phi) is 4.26. The van der Waals surface area contributed by atoms with Crippen molar-refractivity contribution in [1.29, 1.82) is 0 Å². The molecule has 0 radical (unpaired) electrons. The molecule has 1 aromatic heterocycles.